The van der Waals surface area contributed by atoms with Crippen molar-refractivity contribution >= 4 is 5.69 Å². The van der Waals surface area contributed by atoms with Crippen LogP contribution in [0.2, 0.25) is 0 Å². The van der Waals surface area contributed by atoms with Crippen LogP contribution in [-0.4, -0.2) is 18.1 Å². The number of anilines is 1. The summed E-state index contributed by atoms with van der Waals surface area (Å²) < 4.78 is 5.96. The van der Waals surface area contributed by atoms with Gasteiger partial charge in [0.1, 0.15) is 17.6 Å². The number of pyridine rings is 1. The fourth-order valence-corrected chi connectivity index (χ4v) is 2.76. The lowest BCUT2D eigenvalue weighted by atomic mass is 10.1. The summed E-state index contributed by atoms with van der Waals surface area (Å²) in [5.74, 6) is 1.47. The summed E-state index contributed by atoms with van der Waals surface area (Å²) in [5, 5.41) is 9.20. The van der Waals surface area contributed by atoms with Gasteiger partial charge in [-0.05, 0) is 56.3 Å². The first-order valence-electron chi connectivity index (χ1n) is 8.06. The number of nitriles is 1. The van der Waals surface area contributed by atoms with Gasteiger partial charge in [-0.2, -0.15) is 5.26 Å². The van der Waals surface area contributed by atoms with E-state index in [0.29, 0.717) is 11.3 Å². The van der Waals surface area contributed by atoms with E-state index in [1.807, 2.05) is 12.1 Å². The number of nitrogens with zero attached hydrogens (tertiary/aromatic N) is 3. The molecule has 3 rings (SSSR count). The lowest BCUT2D eigenvalue weighted by Gasteiger charge is -2.20. The van der Waals surface area contributed by atoms with Gasteiger partial charge in [-0.1, -0.05) is 0 Å². The molecule has 0 N–H and O–H groups in total. The Bertz CT molecular complexity index is 855. The predicted molar refractivity (Wildman–Crippen MR) is 95.7 cm³/mol. The third kappa shape index (κ3) is 3.02. The summed E-state index contributed by atoms with van der Waals surface area (Å²) in [6.45, 7) is 6.27. The molecule has 4 heteroatoms. The van der Waals surface area contributed by atoms with E-state index in [1.165, 1.54) is 5.69 Å². The molecule has 0 unspecified atom stereocenters. The summed E-state index contributed by atoms with van der Waals surface area (Å²) >= 11 is 0. The summed E-state index contributed by atoms with van der Waals surface area (Å²) in [6.07, 6.45) is 3.22. The van der Waals surface area contributed by atoms with Crippen molar-refractivity contribution in [2.24, 2.45) is 0 Å². The molecule has 0 bridgehead atoms. The smallest absolute Gasteiger partial charge is 0.136 e. The molecule has 0 amide bonds. The van der Waals surface area contributed by atoms with Crippen molar-refractivity contribution in [3.63, 3.8) is 0 Å². The lowest BCUT2D eigenvalue weighted by molar-refractivity contribution is 0.597. The number of hydrogen-bond acceptors (Lipinski definition) is 4. The average Bonchev–Trinajstić information content (AvgIpc) is 3.13. The van der Waals surface area contributed by atoms with E-state index >= 15 is 0 Å². The van der Waals surface area contributed by atoms with Crippen LogP contribution in [0.4, 0.5) is 5.69 Å². The first kappa shape index (κ1) is 15.8. The molecule has 0 saturated carbocycles. The van der Waals surface area contributed by atoms with Gasteiger partial charge in [-0.25, -0.2) is 0 Å². The van der Waals surface area contributed by atoms with Crippen LogP contribution in [0.15, 0.2) is 59.3 Å². The van der Waals surface area contributed by atoms with E-state index in [1.54, 1.807) is 18.5 Å². The fourth-order valence-electron chi connectivity index (χ4n) is 2.76. The minimum atomic E-state index is 0.510. The van der Waals surface area contributed by atoms with Crippen LogP contribution in [0.5, 0.6) is 0 Å². The Morgan fingerprint density at radius 1 is 1.00 bits per heavy atom. The van der Waals surface area contributed by atoms with Crippen molar-refractivity contribution in [2.45, 2.75) is 13.8 Å². The molecular weight excluding hydrogens is 298 g/mol. The standard InChI is InChI=1S/C20H19N3O/c1-3-23(4-2)17-7-5-15(6-8-17)19-9-10-20(24-19)18-11-12-22-14-16(18)13-21/h5-12,14H,3-4H2,1-2H3. The second-order valence-electron chi connectivity index (χ2n) is 5.42. The lowest BCUT2D eigenvalue weighted by Crippen LogP contribution is -2.21. The molecule has 0 aliphatic heterocycles. The highest BCUT2D eigenvalue weighted by atomic mass is 16.3. The van der Waals surface area contributed by atoms with Crippen molar-refractivity contribution in [2.75, 3.05) is 18.0 Å². The van der Waals surface area contributed by atoms with Gasteiger partial charge in [0.05, 0.1) is 5.56 Å². The molecular formula is C20H19N3O. The minimum Gasteiger partial charge on any atom is -0.456 e. The Labute approximate surface area is 142 Å². The van der Waals surface area contributed by atoms with Crippen LogP contribution >= 0.6 is 0 Å². The maximum Gasteiger partial charge on any atom is 0.136 e. The van der Waals surface area contributed by atoms with Gasteiger partial charge in [0.15, 0.2) is 0 Å². The number of aromatic nitrogens is 1. The zero-order valence-corrected chi connectivity index (χ0v) is 13.9. The quantitative estimate of drug-likeness (QED) is 0.683. The van der Waals surface area contributed by atoms with Crippen molar-refractivity contribution in [1.82, 2.24) is 4.98 Å². The van der Waals surface area contributed by atoms with Crippen LogP contribution in [0, 0.1) is 11.3 Å². The molecule has 0 aliphatic rings. The van der Waals surface area contributed by atoms with Crippen molar-refractivity contribution in [1.29, 1.82) is 5.26 Å². The summed E-state index contributed by atoms with van der Waals surface area (Å²) in [7, 11) is 0. The minimum absolute atomic E-state index is 0.510. The molecule has 120 valence electrons. The number of rotatable bonds is 5. The first-order chi connectivity index (χ1) is 11.8. The van der Waals surface area contributed by atoms with Gasteiger partial charge in [-0.3, -0.25) is 4.98 Å². The van der Waals surface area contributed by atoms with Crippen LogP contribution in [0.1, 0.15) is 19.4 Å². The fraction of sp³-hybridized carbons (Fsp3) is 0.200. The normalized spacial score (nSPS) is 10.4. The molecule has 0 spiro atoms. The average molecular weight is 317 g/mol. The molecule has 0 saturated heterocycles. The van der Waals surface area contributed by atoms with Gasteiger partial charge in [0.2, 0.25) is 0 Å². The second-order valence-corrected chi connectivity index (χ2v) is 5.42. The topological polar surface area (TPSA) is 53.1 Å². The van der Waals surface area contributed by atoms with Crippen LogP contribution in [0.25, 0.3) is 22.6 Å². The van der Waals surface area contributed by atoms with Gasteiger partial charge < -0.3 is 9.32 Å². The molecule has 0 atom stereocenters. The maximum atomic E-state index is 9.20. The summed E-state index contributed by atoms with van der Waals surface area (Å²) in [6, 6.07) is 16.1. The zero-order chi connectivity index (χ0) is 16.9. The predicted octanol–water partition coefficient (Wildman–Crippen LogP) is 4.73. The van der Waals surface area contributed by atoms with Gasteiger partial charge in [0.25, 0.3) is 0 Å². The van der Waals surface area contributed by atoms with Gasteiger partial charge in [0, 0.05) is 42.3 Å². The molecule has 2 heterocycles. The number of benzene rings is 1. The highest BCUT2D eigenvalue weighted by molar-refractivity contribution is 5.69. The van der Waals surface area contributed by atoms with Crippen LogP contribution in [0.3, 0.4) is 0 Å². The monoisotopic (exact) mass is 317 g/mol. The van der Waals surface area contributed by atoms with Crippen molar-refractivity contribution < 1.29 is 4.42 Å². The molecule has 4 nitrogen and oxygen atoms in total. The number of furan rings is 1. The van der Waals surface area contributed by atoms with E-state index in [9.17, 15) is 5.26 Å². The van der Waals surface area contributed by atoms with Crippen molar-refractivity contribution in [3.8, 4) is 28.7 Å². The Balaban J connectivity index is 1.90. The van der Waals surface area contributed by atoms with Crippen LogP contribution < -0.4 is 4.90 Å². The van der Waals surface area contributed by atoms with E-state index < -0.39 is 0 Å². The van der Waals surface area contributed by atoms with Gasteiger partial charge in [-0.15, -0.1) is 0 Å². The molecule has 3 aromatic rings. The number of hydrogen-bond donors (Lipinski definition) is 0. The highest BCUT2D eigenvalue weighted by Crippen LogP contribution is 2.30. The Morgan fingerprint density at radius 3 is 2.38 bits per heavy atom. The molecule has 0 fully saturated rings. The Morgan fingerprint density at radius 2 is 1.71 bits per heavy atom. The third-order valence-corrected chi connectivity index (χ3v) is 4.09. The largest absolute Gasteiger partial charge is 0.456 e. The van der Waals surface area contributed by atoms with E-state index in [4.69, 9.17) is 4.42 Å². The molecule has 1 aromatic carbocycles. The summed E-state index contributed by atoms with van der Waals surface area (Å²) in [5.41, 5.74) is 3.50. The Kier molecular flexibility index (Phi) is 4.62. The third-order valence-electron chi connectivity index (χ3n) is 4.09. The Hall–Kier alpha value is -3.06. The second kappa shape index (κ2) is 7.01. The van der Waals surface area contributed by atoms with Gasteiger partial charge >= 0.3 is 0 Å². The van der Waals surface area contributed by atoms with Crippen LogP contribution in [-0.2, 0) is 0 Å². The SMILES string of the molecule is CCN(CC)c1ccc(-c2ccc(-c3ccncc3C#N)o2)cc1. The maximum absolute atomic E-state index is 9.20. The van der Waals surface area contributed by atoms with Crippen molar-refractivity contribution in [3.05, 3.63) is 60.4 Å². The highest BCUT2D eigenvalue weighted by Gasteiger charge is 2.11. The van der Waals surface area contributed by atoms with E-state index in [0.717, 1.165) is 30.0 Å². The molecule has 2 aromatic heterocycles. The first-order valence-corrected chi connectivity index (χ1v) is 8.06. The molecule has 0 radical (unpaired) electrons. The molecule has 24 heavy (non-hydrogen) atoms. The van der Waals surface area contributed by atoms with E-state index in [2.05, 4.69) is 54.1 Å². The van der Waals surface area contributed by atoms with E-state index in [-0.39, 0.29) is 0 Å². The summed E-state index contributed by atoms with van der Waals surface area (Å²) in [4.78, 5) is 6.28. The zero-order valence-electron chi connectivity index (χ0n) is 13.9. The molecule has 0 aliphatic carbocycles.